The highest BCUT2D eigenvalue weighted by Crippen LogP contribution is 2.25. The number of methoxy groups -OCH3 is 1. The molecule has 0 saturated heterocycles. The quantitative estimate of drug-likeness (QED) is 0.647. The number of anilines is 1. The maximum Gasteiger partial charge on any atom is 0.306 e. The van der Waals surface area contributed by atoms with Gasteiger partial charge in [0.25, 0.3) is 5.91 Å². The zero-order chi connectivity index (χ0) is 16.7. The van der Waals surface area contributed by atoms with Crippen LogP contribution in [0.2, 0.25) is 0 Å². The van der Waals surface area contributed by atoms with Crippen LogP contribution in [0.3, 0.4) is 0 Å². The van der Waals surface area contributed by atoms with Crippen LogP contribution in [0.25, 0.3) is 0 Å². The number of pyridine rings is 2. The maximum atomic E-state index is 12.3. The molecule has 0 aliphatic heterocycles. The number of aryl methyl sites for hydroxylation is 1. The smallest absolute Gasteiger partial charge is 0.306 e. The molecule has 0 bridgehead atoms. The molecule has 0 spiro atoms. The SMILES string of the molecule is COC(=O)CCSc1ncccc1NC(=O)c1cccc(C)n1. The Kier molecular flexibility index (Phi) is 6.10. The number of amides is 1. The number of hydrogen-bond acceptors (Lipinski definition) is 6. The summed E-state index contributed by atoms with van der Waals surface area (Å²) in [6, 6.07) is 8.77. The number of hydrogen-bond donors (Lipinski definition) is 1. The Balaban J connectivity index is 2.05. The van der Waals surface area contributed by atoms with Gasteiger partial charge in [0.05, 0.1) is 19.2 Å². The molecular weight excluding hydrogens is 314 g/mol. The lowest BCUT2D eigenvalue weighted by Crippen LogP contribution is -2.15. The predicted molar refractivity (Wildman–Crippen MR) is 88.5 cm³/mol. The summed E-state index contributed by atoms with van der Waals surface area (Å²) in [6.45, 7) is 1.83. The van der Waals surface area contributed by atoms with Gasteiger partial charge in [0, 0.05) is 17.6 Å². The van der Waals surface area contributed by atoms with Crippen molar-refractivity contribution < 1.29 is 14.3 Å². The molecule has 1 amide bonds. The third-order valence-corrected chi connectivity index (χ3v) is 3.92. The molecule has 0 atom stereocenters. The first-order valence-corrected chi connectivity index (χ1v) is 7.98. The zero-order valence-corrected chi connectivity index (χ0v) is 13.7. The highest BCUT2D eigenvalue weighted by Gasteiger charge is 2.12. The number of esters is 1. The standard InChI is InChI=1S/C16H17N3O3S/c1-11-5-3-6-12(18-11)15(21)19-13-7-4-9-17-16(13)23-10-8-14(20)22-2/h3-7,9H,8,10H2,1-2H3,(H,19,21). The largest absolute Gasteiger partial charge is 0.469 e. The van der Waals surface area contributed by atoms with E-state index in [9.17, 15) is 9.59 Å². The average Bonchev–Trinajstić information content (AvgIpc) is 2.56. The number of carbonyl (C=O) groups excluding carboxylic acids is 2. The number of thioether (sulfide) groups is 1. The van der Waals surface area contributed by atoms with E-state index in [1.54, 1.807) is 30.5 Å². The molecule has 2 aromatic rings. The summed E-state index contributed by atoms with van der Waals surface area (Å²) in [5, 5.41) is 3.46. The first kappa shape index (κ1) is 17.0. The van der Waals surface area contributed by atoms with E-state index in [0.29, 0.717) is 22.2 Å². The number of nitrogens with zero attached hydrogens (tertiary/aromatic N) is 2. The van der Waals surface area contributed by atoms with Crippen LogP contribution in [0, 0.1) is 6.92 Å². The highest BCUT2D eigenvalue weighted by molar-refractivity contribution is 7.99. The summed E-state index contributed by atoms with van der Waals surface area (Å²) < 4.78 is 4.60. The van der Waals surface area contributed by atoms with Crippen molar-refractivity contribution in [1.29, 1.82) is 0 Å². The van der Waals surface area contributed by atoms with E-state index < -0.39 is 0 Å². The fourth-order valence-corrected chi connectivity index (χ4v) is 2.66. The van der Waals surface area contributed by atoms with E-state index in [0.717, 1.165) is 5.69 Å². The van der Waals surface area contributed by atoms with Crippen molar-refractivity contribution in [3.8, 4) is 0 Å². The molecule has 23 heavy (non-hydrogen) atoms. The molecule has 1 N–H and O–H groups in total. The number of carbonyl (C=O) groups is 2. The van der Waals surface area contributed by atoms with Gasteiger partial charge in [0.15, 0.2) is 0 Å². The Labute approximate surface area is 138 Å². The van der Waals surface area contributed by atoms with E-state index in [1.165, 1.54) is 18.9 Å². The summed E-state index contributed by atoms with van der Waals surface area (Å²) in [6.07, 6.45) is 1.92. The molecule has 0 radical (unpaired) electrons. The van der Waals surface area contributed by atoms with Gasteiger partial charge in [-0.05, 0) is 31.2 Å². The zero-order valence-electron chi connectivity index (χ0n) is 12.9. The van der Waals surface area contributed by atoms with Crippen LogP contribution in [0.4, 0.5) is 5.69 Å². The van der Waals surface area contributed by atoms with Crippen molar-refractivity contribution >= 4 is 29.3 Å². The molecule has 2 rings (SSSR count). The molecule has 6 nitrogen and oxygen atoms in total. The molecular formula is C16H17N3O3S. The van der Waals surface area contributed by atoms with Gasteiger partial charge in [0.1, 0.15) is 10.7 Å². The van der Waals surface area contributed by atoms with Crippen molar-refractivity contribution in [1.82, 2.24) is 9.97 Å². The normalized spacial score (nSPS) is 10.2. The van der Waals surface area contributed by atoms with Crippen molar-refractivity contribution in [2.24, 2.45) is 0 Å². The summed E-state index contributed by atoms with van der Waals surface area (Å²) >= 11 is 1.38. The van der Waals surface area contributed by atoms with Gasteiger partial charge < -0.3 is 10.1 Å². The Morgan fingerprint density at radius 3 is 2.83 bits per heavy atom. The molecule has 120 valence electrons. The fourth-order valence-electron chi connectivity index (χ4n) is 1.79. The Hall–Kier alpha value is -2.41. The van der Waals surface area contributed by atoms with Crippen molar-refractivity contribution in [2.45, 2.75) is 18.4 Å². The van der Waals surface area contributed by atoms with Crippen LogP contribution in [0.5, 0.6) is 0 Å². The number of aromatic nitrogens is 2. The Bertz CT molecular complexity index is 706. The van der Waals surface area contributed by atoms with Crippen molar-refractivity contribution in [3.05, 3.63) is 47.9 Å². The maximum absolute atomic E-state index is 12.3. The van der Waals surface area contributed by atoms with Gasteiger partial charge in [-0.25, -0.2) is 9.97 Å². The molecule has 2 heterocycles. The molecule has 0 saturated carbocycles. The molecule has 0 aliphatic carbocycles. The van der Waals surface area contributed by atoms with Crippen LogP contribution in [-0.4, -0.2) is 34.7 Å². The molecule has 0 fully saturated rings. The summed E-state index contributed by atoms with van der Waals surface area (Å²) in [5.74, 6) is -0.0468. The van der Waals surface area contributed by atoms with E-state index >= 15 is 0 Å². The summed E-state index contributed by atoms with van der Waals surface area (Å²) in [4.78, 5) is 31.8. The van der Waals surface area contributed by atoms with Crippen LogP contribution in [-0.2, 0) is 9.53 Å². The molecule has 0 aliphatic rings. The average molecular weight is 331 g/mol. The van der Waals surface area contributed by atoms with E-state index in [1.807, 2.05) is 13.0 Å². The highest BCUT2D eigenvalue weighted by atomic mass is 32.2. The minimum Gasteiger partial charge on any atom is -0.469 e. The van der Waals surface area contributed by atoms with Crippen LogP contribution < -0.4 is 5.32 Å². The summed E-state index contributed by atoms with van der Waals surface area (Å²) in [7, 11) is 1.36. The van der Waals surface area contributed by atoms with Crippen molar-refractivity contribution in [3.63, 3.8) is 0 Å². The van der Waals surface area contributed by atoms with E-state index in [-0.39, 0.29) is 18.3 Å². The monoisotopic (exact) mass is 331 g/mol. The van der Waals surface area contributed by atoms with E-state index in [4.69, 9.17) is 0 Å². The summed E-state index contributed by atoms with van der Waals surface area (Å²) in [5.41, 5.74) is 1.71. The third kappa shape index (κ3) is 5.07. The predicted octanol–water partition coefficient (Wildman–Crippen LogP) is 2.69. The number of ether oxygens (including phenoxy) is 1. The topological polar surface area (TPSA) is 81.2 Å². The van der Waals surface area contributed by atoms with Gasteiger partial charge in [-0.1, -0.05) is 6.07 Å². The van der Waals surface area contributed by atoms with Gasteiger partial charge in [-0.15, -0.1) is 11.8 Å². The van der Waals surface area contributed by atoms with Gasteiger partial charge >= 0.3 is 5.97 Å². The Morgan fingerprint density at radius 1 is 1.26 bits per heavy atom. The lowest BCUT2D eigenvalue weighted by atomic mass is 10.3. The lowest BCUT2D eigenvalue weighted by molar-refractivity contribution is -0.140. The fraction of sp³-hybridized carbons (Fsp3) is 0.250. The minimum atomic E-state index is -0.295. The first-order chi connectivity index (χ1) is 11.1. The van der Waals surface area contributed by atoms with Crippen LogP contribution in [0.15, 0.2) is 41.6 Å². The molecule has 2 aromatic heterocycles. The van der Waals surface area contributed by atoms with Crippen molar-refractivity contribution in [2.75, 3.05) is 18.2 Å². The van der Waals surface area contributed by atoms with Gasteiger partial charge in [0.2, 0.25) is 0 Å². The lowest BCUT2D eigenvalue weighted by Gasteiger charge is -2.09. The molecule has 0 unspecified atom stereocenters. The second-order valence-electron chi connectivity index (χ2n) is 4.65. The Morgan fingerprint density at radius 2 is 2.09 bits per heavy atom. The molecule has 7 heteroatoms. The number of nitrogens with one attached hydrogen (secondary N) is 1. The van der Waals surface area contributed by atoms with Crippen LogP contribution >= 0.6 is 11.8 Å². The second kappa shape index (κ2) is 8.28. The number of rotatable bonds is 6. The molecule has 0 aromatic carbocycles. The van der Waals surface area contributed by atoms with Gasteiger partial charge in [-0.3, -0.25) is 9.59 Å². The minimum absolute atomic E-state index is 0.275. The van der Waals surface area contributed by atoms with E-state index in [2.05, 4.69) is 20.0 Å². The first-order valence-electron chi connectivity index (χ1n) is 7.00. The van der Waals surface area contributed by atoms with Crippen LogP contribution in [0.1, 0.15) is 22.6 Å². The third-order valence-electron chi connectivity index (χ3n) is 2.91. The van der Waals surface area contributed by atoms with Gasteiger partial charge in [-0.2, -0.15) is 0 Å². The second-order valence-corrected chi connectivity index (χ2v) is 5.73.